The molecule has 0 bridgehead atoms. The summed E-state index contributed by atoms with van der Waals surface area (Å²) in [5, 5.41) is 3.16. The van der Waals surface area contributed by atoms with E-state index in [9.17, 15) is 0 Å². The van der Waals surface area contributed by atoms with Crippen molar-refractivity contribution in [2.24, 2.45) is 0 Å². The SMILES string of the molecule is CNc1ccc(C(c2ccc(C)cc2)N(C)C)cc1. The lowest BCUT2D eigenvalue weighted by Crippen LogP contribution is -2.21. The molecule has 0 spiro atoms. The van der Waals surface area contributed by atoms with Gasteiger partial charge in [0.25, 0.3) is 0 Å². The van der Waals surface area contributed by atoms with Gasteiger partial charge in [0.05, 0.1) is 6.04 Å². The maximum Gasteiger partial charge on any atom is 0.0596 e. The lowest BCUT2D eigenvalue weighted by molar-refractivity contribution is 0.342. The highest BCUT2D eigenvalue weighted by Crippen LogP contribution is 2.27. The van der Waals surface area contributed by atoms with Crippen molar-refractivity contribution in [3.05, 3.63) is 65.2 Å². The van der Waals surface area contributed by atoms with Crippen LogP contribution < -0.4 is 5.32 Å². The summed E-state index contributed by atoms with van der Waals surface area (Å²) < 4.78 is 0. The van der Waals surface area contributed by atoms with Crippen LogP contribution in [0.5, 0.6) is 0 Å². The highest BCUT2D eigenvalue weighted by molar-refractivity contribution is 5.46. The van der Waals surface area contributed by atoms with Crippen molar-refractivity contribution < 1.29 is 0 Å². The maximum absolute atomic E-state index is 3.16. The van der Waals surface area contributed by atoms with Gasteiger partial charge in [-0.05, 0) is 44.3 Å². The molecule has 2 heteroatoms. The zero-order valence-corrected chi connectivity index (χ0v) is 12.1. The number of nitrogens with one attached hydrogen (secondary N) is 1. The van der Waals surface area contributed by atoms with Gasteiger partial charge in [0.2, 0.25) is 0 Å². The van der Waals surface area contributed by atoms with Crippen LogP contribution in [0.25, 0.3) is 0 Å². The third-order valence-corrected chi connectivity index (χ3v) is 3.42. The van der Waals surface area contributed by atoms with Crippen molar-refractivity contribution in [1.29, 1.82) is 0 Å². The first-order valence-electron chi connectivity index (χ1n) is 6.62. The van der Waals surface area contributed by atoms with Gasteiger partial charge in [-0.15, -0.1) is 0 Å². The Morgan fingerprint density at radius 3 is 1.74 bits per heavy atom. The van der Waals surface area contributed by atoms with Crippen LogP contribution in [-0.4, -0.2) is 26.0 Å². The Morgan fingerprint density at radius 2 is 1.32 bits per heavy atom. The largest absolute Gasteiger partial charge is 0.388 e. The molecule has 0 radical (unpaired) electrons. The Bertz CT molecular complexity index is 512. The Morgan fingerprint density at radius 1 is 0.842 bits per heavy atom. The summed E-state index contributed by atoms with van der Waals surface area (Å²) in [7, 11) is 6.19. The zero-order chi connectivity index (χ0) is 13.8. The van der Waals surface area contributed by atoms with Gasteiger partial charge < -0.3 is 5.32 Å². The van der Waals surface area contributed by atoms with E-state index in [1.165, 1.54) is 16.7 Å². The second kappa shape index (κ2) is 5.89. The summed E-state index contributed by atoms with van der Waals surface area (Å²) >= 11 is 0. The van der Waals surface area contributed by atoms with Crippen LogP contribution >= 0.6 is 0 Å². The summed E-state index contributed by atoms with van der Waals surface area (Å²) in [6, 6.07) is 17.7. The van der Waals surface area contributed by atoms with Crippen molar-refractivity contribution in [2.45, 2.75) is 13.0 Å². The minimum absolute atomic E-state index is 0.298. The molecule has 19 heavy (non-hydrogen) atoms. The third-order valence-electron chi connectivity index (χ3n) is 3.42. The maximum atomic E-state index is 3.16. The van der Waals surface area contributed by atoms with Crippen molar-refractivity contribution >= 4 is 5.69 Å². The van der Waals surface area contributed by atoms with E-state index in [0.29, 0.717) is 6.04 Å². The summed E-state index contributed by atoms with van der Waals surface area (Å²) in [6.45, 7) is 2.12. The molecule has 0 aliphatic heterocycles. The van der Waals surface area contributed by atoms with E-state index in [-0.39, 0.29) is 0 Å². The van der Waals surface area contributed by atoms with E-state index < -0.39 is 0 Å². The molecule has 0 aromatic heterocycles. The lowest BCUT2D eigenvalue weighted by Gasteiger charge is -2.25. The van der Waals surface area contributed by atoms with E-state index in [2.05, 4.69) is 79.8 Å². The fourth-order valence-electron chi connectivity index (χ4n) is 2.37. The molecule has 0 fully saturated rings. The fourth-order valence-corrected chi connectivity index (χ4v) is 2.37. The topological polar surface area (TPSA) is 15.3 Å². The van der Waals surface area contributed by atoms with E-state index in [1.54, 1.807) is 0 Å². The summed E-state index contributed by atoms with van der Waals surface area (Å²) in [5.74, 6) is 0. The Balaban J connectivity index is 2.36. The molecule has 0 amide bonds. The first-order chi connectivity index (χ1) is 9.11. The summed E-state index contributed by atoms with van der Waals surface area (Å²) in [4.78, 5) is 2.25. The number of benzene rings is 2. The van der Waals surface area contributed by atoms with Crippen LogP contribution in [0.15, 0.2) is 48.5 Å². The van der Waals surface area contributed by atoms with Crippen LogP contribution in [0.1, 0.15) is 22.7 Å². The Labute approximate surface area is 116 Å². The molecular formula is C17H22N2. The number of hydrogen-bond acceptors (Lipinski definition) is 2. The average molecular weight is 254 g/mol. The molecule has 0 heterocycles. The van der Waals surface area contributed by atoms with E-state index in [4.69, 9.17) is 0 Å². The van der Waals surface area contributed by atoms with Gasteiger partial charge in [0.1, 0.15) is 0 Å². The molecule has 2 rings (SSSR count). The number of rotatable bonds is 4. The average Bonchev–Trinajstić information content (AvgIpc) is 2.42. The molecule has 0 aliphatic rings. The molecule has 0 saturated heterocycles. The molecule has 2 aromatic rings. The molecule has 0 saturated carbocycles. The van der Waals surface area contributed by atoms with Gasteiger partial charge in [-0.25, -0.2) is 0 Å². The quantitative estimate of drug-likeness (QED) is 0.895. The zero-order valence-electron chi connectivity index (χ0n) is 12.1. The van der Waals surface area contributed by atoms with Gasteiger partial charge in [-0.3, -0.25) is 4.90 Å². The third kappa shape index (κ3) is 3.15. The number of nitrogens with zero attached hydrogens (tertiary/aromatic N) is 1. The van der Waals surface area contributed by atoms with E-state index in [1.807, 2.05) is 7.05 Å². The molecule has 1 N–H and O–H groups in total. The minimum atomic E-state index is 0.298. The van der Waals surface area contributed by atoms with Crippen molar-refractivity contribution in [3.63, 3.8) is 0 Å². The Kier molecular flexibility index (Phi) is 4.23. The molecule has 1 unspecified atom stereocenters. The first kappa shape index (κ1) is 13.6. The Hall–Kier alpha value is -1.80. The van der Waals surface area contributed by atoms with Crippen molar-refractivity contribution in [3.8, 4) is 0 Å². The van der Waals surface area contributed by atoms with Crippen LogP contribution in [0.3, 0.4) is 0 Å². The smallest absolute Gasteiger partial charge is 0.0596 e. The lowest BCUT2D eigenvalue weighted by atomic mass is 9.97. The predicted molar refractivity (Wildman–Crippen MR) is 82.7 cm³/mol. The molecular weight excluding hydrogens is 232 g/mol. The molecule has 100 valence electrons. The molecule has 2 nitrogen and oxygen atoms in total. The summed E-state index contributed by atoms with van der Waals surface area (Å²) in [5.41, 5.74) is 5.08. The van der Waals surface area contributed by atoms with Gasteiger partial charge in [0.15, 0.2) is 0 Å². The predicted octanol–water partition coefficient (Wildman–Crippen LogP) is 3.69. The van der Waals surface area contributed by atoms with Gasteiger partial charge in [0, 0.05) is 12.7 Å². The van der Waals surface area contributed by atoms with Crippen molar-refractivity contribution in [2.75, 3.05) is 26.5 Å². The number of anilines is 1. The standard InChI is InChI=1S/C17H22N2/c1-13-5-7-14(8-6-13)17(19(3)4)15-9-11-16(18-2)12-10-15/h5-12,17-18H,1-4H3. The van der Waals surface area contributed by atoms with Crippen LogP contribution in [0.2, 0.25) is 0 Å². The van der Waals surface area contributed by atoms with E-state index >= 15 is 0 Å². The highest BCUT2D eigenvalue weighted by atomic mass is 15.1. The van der Waals surface area contributed by atoms with Crippen LogP contribution in [-0.2, 0) is 0 Å². The molecule has 2 aromatic carbocycles. The van der Waals surface area contributed by atoms with E-state index in [0.717, 1.165) is 5.69 Å². The number of aryl methyl sites for hydroxylation is 1. The van der Waals surface area contributed by atoms with Gasteiger partial charge in [-0.1, -0.05) is 42.0 Å². The van der Waals surface area contributed by atoms with Gasteiger partial charge >= 0.3 is 0 Å². The van der Waals surface area contributed by atoms with Gasteiger partial charge in [-0.2, -0.15) is 0 Å². The molecule has 1 atom stereocenters. The van der Waals surface area contributed by atoms with Crippen LogP contribution in [0.4, 0.5) is 5.69 Å². The number of hydrogen-bond donors (Lipinski definition) is 1. The second-order valence-corrected chi connectivity index (χ2v) is 5.15. The molecule has 0 aliphatic carbocycles. The first-order valence-corrected chi connectivity index (χ1v) is 6.62. The fraction of sp³-hybridized carbons (Fsp3) is 0.294. The highest BCUT2D eigenvalue weighted by Gasteiger charge is 2.16. The second-order valence-electron chi connectivity index (χ2n) is 5.15. The van der Waals surface area contributed by atoms with Crippen LogP contribution in [0, 0.1) is 6.92 Å². The normalized spacial score (nSPS) is 12.5. The summed E-state index contributed by atoms with van der Waals surface area (Å²) in [6.07, 6.45) is 0. The van der Waals surface area contributed by atoms with Crippen molar-refractivity contribution in [1.82, 2.24) is 4.90 Å². The minimum Gasteiger partial charge on any atom is -0.388 e. The monoisotopic (exact) mass is 254 g/mol.